The van der Waals surface area contributed by atoms with Gasteiger partial charge in [-0.1, -0.05) is 6.07 Å². The molecule has 17 heavy (non-hydrogen) atoms. The first-order chi connectivity index (χ1) is 8.11. The summed E-state index contributed by atoms with van der Waals surface area (Å²) < 4.78 is 6.68. The summed E-state index contributed by atoms with van der Waals surface area (Å²) in [6.45, 7) is 0. The fraction of sp³-hybridized carbons (Fsp3) is 0.154. The molecule has 1 aromatic heterocycles. The minimum atomic E-state index is -0.0432. The maximum atomic E-state index is 11.5. The molecule has 2 rings (SSSR count). The van der Waals surface area contributed by atoms with Crippen LogP contribution in [0.3, 0.4) is 0 Å². The van der Waals surface area contributed by atoms with Crippen LogP contribution in [0.1, 0.15) is 0 Å². The van der Waals surface area contributed by atoms with E-state index < -0.39 is 0 Å². The van der Waals surface area contributed by atoms with Crippen molar-refractivity contribution in [1.29, 1.82) is 0 Å². The summed E-state index contributed by atoms with van der Waals surface area (Å²) in [5, 5.41) is 0. The molecule has 0 fully saturated rings. The van der Waals surface area contributed by atoms with Gasteiger partial charge in [0.1, 0.15) is 5.75 Å². The molecule has 4 nitrogen and oxygen atoms in total. The molecule has 0 saturated heterocycles. The first-order valence-corrected chi connectivity index (χ1v) is 5.22. The van der Waals surface area contributed by atoms with Crippen LogP contribution in [0.5, 0.6) is 5.75 Å². The van der Waals surface area contributed by atoms with Crippen LogP contribution < -0.4 is 16.0 Å². The van der Waals surface area contributed by atoms with Crippen LogP contribution in [0.25, 0.3) is 11.1 Å². The van der Waals surface area contributed by atoms with Crippen LogP contribution >= 0.6 is 0 Å². The average molecular weight is 230 g/mol. The zero-order valence-corrected chi connectivity index (χ0v) is 9.81. The average Bonchev–Trinajstić information content (AvgIpc) is 2.33. The van der Waals surface area contributed by atoms with Gasteiger partial charge in [-0.3, -0.25) is 4.79 Å². The topological polar surface area (TPSA) is 57.2 Å². The van der Waals surface area contributed by atoms with Crippen molar-refractivity contribution in [3.05, 3.63) is 46.9 Å². The zero-order chi connectivity index (χ0) is 12.4. The Labute approximate surface area is 99.3 Å². The van der Waals surface area contributed by atoms with Gasteiger partial charge in [0.2, 0.25) is 0 Å². The maximum Gasteiger partial charge on any atom is 0.250 e. The third-order valence-corrected chi connectivity index (χ3v) is 2.67. The van der Waals surface area contributed by atoms with Gasteiger partial charge >= 0.3 is 0 Å². The van der Waals surface area contributed by atoms with Gasteiger partial charge in [0.15, 0.2) is 0 Å². The predicted octanol–water partition coefficient (Wildman–Crippen LogP) is 1.64. The molecule has 0 amide bonds. The van der Waals surface area contributed by atoms with Gasteiger partial charge < -0.3 is 15.0 Å². The summed E-state index contributed by atoms with van der Waals surface area (Å²) in [5.41, 5.74) is 8.05. The molecular formula is C13H14N2O2. The van der Waals surface area contributed by atoms with Crippen LogP contribution in [0.4, 0.5) is 5.69 Å². The number of nitrogens with zero attached hydrogens (tertiary/aromatic N) is 1. The number of anilines is 1. The number of nitrogen functional groups attached to an aromatic ring is 1. The van der Waals surface area contributed by atoms with Crippen LogP contribution in [0, 0.1) is 0 Å². The van der Waals surface area contributed by atoms with Crippen LogP contribution in [0.2, 0.25) is 0 Å². The normalized spacial score (nSPS) is 10.2. The molecule has 4 heteroatoms. The fourth-order valence-electron chi connectivity index (χ4n) is 1.62. The van der Waals surface area contributed by atoms with Gasteiger partial charge in [-0.05, 0) is 29.3 Å². The highest BCUT2D eigenvalue weighted by Gasteiger charge is 2.04. The Morgan fingerprint density at radius 2 is 1.88 bits per heavy atom. The van der Waals surface area contributed by atoms with Crippen molar-refractivity contribution in [1.82, 2.24) is 4.57 Å². The molecule has 0 bridgehead atoms. The molecule has 0 atom stereocenters. The molecule has 2 aromatic rings. The number of rotatable bonds is 2. The van der Waals surface area contributed by atoms with Crippen LogP contribution in [-0.2, 0) is 7.05 Å². The molecule has 0 unspecified atom stereocenters. The molecule has 2 N–H and O–H groups in total. The number of benzene rings is 1. The zero-order valence-electron chi connectivity index (χ0n) is 9.81. The quantitative estimate of drug-likeness (QED) is 0.798. The van der Waals surface area contributed by atoms with E-state index in [4.69, 9.17) is 10.5 Å². The summed E-state index contributed by atoms with van der Waals surface area (Å²) in [5.74, 6) is 0.614. The van der Waals surface area contributed by atoms with E-state index in [2.05, 4.69) is 0 Å². The van der Waals surface area contributed by atoms with Crippen molar-refractivity contribution in [2.75, 3.05) is 12.8 Å². The summed E-state index contributed by atoms with van der Waals surface area (Å²) in [6, 6.07) is 8.93. The standard InChI is InChI=1S/C13H14N2O2/c1-15-6-5-10(8-13(15)16)9-3-4-11(14)12(7-9)17-2/h3-8H,14H2,1-2H3. The lowest BCUT2D eigenvalue weighted by atomic mass is 10.1. The van der Waals surface area contributed by atoms with E-state index in [-0.39, 0.29) is 5.56 Å². The van der Waals surface area contributed by atoms with Gasteiger partial charge in [0.05, 0.1) is 12.8 Å². The highest BCUT2D eigenvalue weighted by molar-refractivity contribution is 5.69. The van der Waals surface area contributed by atoms with Gasteiger partial charge in [-0.15, -0.1) is 0 Å². The van der Waals surface area contributed by atoms with Crippen molar-refractivity contribution >= 4 is 5.69 Å². The van der Waals surface area contributed by atoms with Gasteiger partial charge in [-0.25, -0.2) is 0 Å². The highest BCUT2D eigenvalue weighted by Crippen LogP contribution is 2.27. The van der Waals surface area contributed by atoms with Crippen LogP contribution in [0.15, 0.2) is 41.3 Å². The lowest BCUT2D eigenvalue weighted by molar-refractivity contribution is 0.417. The van der Waals surface area contributed by atoms with Crippen molar-refractivity contribution in [2.24, 2.45) is 7.05 Å². The Morgan fingerprint density at radius 1 is 1.18 bits per heavy atom. The maximum absolute atomic E-state index is 11.5. The largest absolute Gasteiger partial charge is 0.495 e. The Bertz CT molecular complexity index is 603. The molecule has 1 aromatic carbocycles. The second-order valence-corrected chi connectivity index (χ2v) is 3.82. The van der Waals surface area contributed by atoms with E-state index in [1.807, 2.05) is 18.2 Å². The van der Waals surface area contributed by atoms with E-state index in [0.29, 0.717) is 11.4 Å². The van der Waals surface area contributed by atoms with Crippen molar-refractivity contribution in [2.45, 2.75) is 0 Å². The fourth-order valence-corrected chi connectivity index (χ4v) is 1.62. The molecule has 1 heterocycles. The lowest BCUT2D eigenvalue weighted by Gasteiger charge is -2.08. The minimum Gasteiger partial charge on any atom is -0.495 e. The summed E-state index contributed by atoms with van der Waals surface area (Å²) in [7, 11) is 3.29. The van der Waals surface area contributed by atoms with E-state index >= 15 is 0 Å². The molecule has 0 saturated carbocycles. The summed E-state index contributed by atoms with van der Waals surface area (Å²) in [4.78, 5) is 11.5. The number of methoxy groups -OCH3 is 1. The highest BCUT2D eigenvalue weighted by atomic mass is 16.5. The molecular weight excluding hydrogens is 216 g/mol. The van der Waals surface area contributed by atoms with Crippen molar-refractivity contribution in [3.8, 4) is 16.9 Å². The number of nitrogens with two attached hydrogens (primary N) is 1. The molecule has 88 valence electrons. The van der Waals surface area contributed by atoms with E-state index in [1.165, 1.54) is 4.57 Å². The SMILES string of the molecule is COc1cc(-c2ccn(C)c(=O)c2)ccc1N. The third kappa shape index (κ3) is 2.15. The molecule has 0 aliphatic rings. The van der Waals surface area contributed by atoms with Gasteiger partial charge in [0, 0.05) is 19.3 Å². The second-order valence-electron chi connectivity index (χ2n) is 3.82. The van der Waals surface area contributed by atoms with Gasteiger partial charge in [0.25, 0.3) is 5.56 Å². The number of hydrogen-bond acceptors (Lipinski definition) is 3. The van der Waals surface area contributed by atoms with Crippen molar-refractivity contribution < 1.29 is 4.74 Å². The van der Waals surface area contributed by atoms with E-state index in [9.17, 15) is 4.79 Å². The van der Waals surface area contributed by atoms with Crippen LogP contribution in [-0.4, -0.2) is 11.7 Å². The summed E-state index contributed by atoms with van der Waals surface area (Å²) in [6.07, 6.45) is 1.74. The van der Waals surface area contributed by atoms with Gasteiger partial charge in [-0.2, -0.15) is 0 Å². The number of aryl methyl sites for hydroxylation is 1. The molecule has 0 radical (unpaired) electrons. The van der Waals surface area contributed by atoms with E-state index in [0.717, 1.165) is 11.1 Å². The second kappa shape index (κ2) is 4.33. The number of pyridine rings is 1. The third-order valence-electron chi connectivity index (χ3n) is 2.67. The smallest absolute Gasteiger partial charge is 0.250 e. The first-order valence-electron chi connectivity index (χ1n) is 5.22. The molecule has 0 aliphatic heterocycles. The predicted molar refractivity (Wildman–Crippen MR) is 68.1 cm³/mol. The molecule has 0 spiro atoms. The minimum absolute atomic E-state index is 0.0432. The Kier molecular flexibility index (Phi) is 2.87. The Hall–Kier alpha value is -2.23. The lowest BCUT2D eigenvalue weighted by Crippen LogP contribution is -2.14. The number of ether oxygens (including phenoxy) is 1. The summed E-state index contributed by atoms with van der Waals surface area (Å²) >= 11 is 0. The first kappa shape index (κ1) is 11.3. The Balaban J connectivity index is 2.53. The Morgan fingerprint density at radius 3 is 2.53 bits per heavy atom. The van der Waals surface area contributed by atoms with E-state index in [1.54, 1.807) is 32.5 Å². The van der Waals surface area contributed by atoms with Crippen molar-refractivity contribution in [3.63, 3.8) is 0 Å². The monoisotopic (exact) mass is 230 g/mol. The number of hydrogen-bond donors (Lipinski definition) is 1. The number of aromatic nitrogens is 1. The molecule has 0 aliphatic carbocycles.